The summed E-state index contributed by atoms with van der Waals surface area (Å²) in [4.78, 5) is 0.0791. The van der Waals surface area contributed by atoms with Gasteiger partial charge in [0.2, 0.25) is 50.1 Å². The molecule has 0 N–H and O–H groups in total. The summed E-state index contributed by atoms with van der Waals surface area (Å²) >= 11 is 0. The standard InChI is InChI=1S/C8H9NO4S2.C4H9NO4S2.C4H7NO4S2.3C2H6/c1-14(10,11)9-6-7-4-2-3-5-8(7)15(9,12)13;2*1-10(6,7)5-3-2-4-11(5,8)9;3*1-2/h2-5H,6H2,1H3;2-4H2,1H3;2,4H,3H2,1H3;3*1-2H3. The van der Waals surface area contributed by atoms with Crippen LogP contribution in [0.4, 0.5) is 0 Å². The smallest absolute Gasteiger partial charge is 0.212 e. The SMILES string of the molecule is CC.CC.CC.CS(=O)(=O)N1CC=CS1(=O)=O.CS(=O)(=O)N1CCCS1(=O)=O.CS(=O)(=O)N1Cc2ccccc2S1(=O)=O. The molecule has 0 amide bonds. The molecule has 43 heavy (non-hydrogen) atoms. The third-order valence-corrected chi connectivity index (χ3v) is 16.3. The number of benzene rings is 1. The number of hydrogen-bond acceptors (Lipinski definition) is 12. The molecule has 0 spiro atoms. The Hall–Kier alpha value is -1.46. The third kappa shape index (κ3) is 12.5. The van der Waals surface area contributed by atoms with E-state index in [2.05, 4.69) is 0 Å². The summed E-state index contributed by atoms with van der Waals surface area (Å²) in [7, 11) is -22.0. The van der Waals surface area contributed by atoms with Gasteiger partial charge in [-0.15, -0.1) is 0 Å². The maximum atomic E-state index is 11.8. The topological polar surface area (TPSA) is 215 Å². The molecular weight excluding hydrogens is 691 g/mol. The Morgan fingerprint density at radius 3 is 1.37 bits per heavy atom. The molecule has 1 saturated heterocycles. The molecule has 3 aliphatic rings. The van der Waals surface area contributed by atoms with Gasteiger partial charge in [-0.2, -0.15) is 0 Å². The molecule has 1 aromatic rings. The van der Waals surface area contributed by atoms with Crippen LogP contribution in [-0.2, 0) is 66.7 Å². The summed E-state index contributed by atoms with van der Waals surface area (Å²) in [5.74, 6) is -0.0555. The van der Waals surface area contributed by atoms with E-state index in [0.717, 1.165) is 24.2 Å². The zero-order valence-electron chi connectivity index (χ0n) is 25.7. The lowest BCUT2D eigenvalue weighted by Crippen LogP contribution is -2.31. The highest BCUT2D eigenvalue weighted by molar-refractivity contribution is 8.05. The molecule has 254 valence electrons. The number of sulfonamides is 6. The highest BCUT2D eigenvalue weighted by atomic mass is 32.3. The van der Waals surface area contributed by atoms with Crippen LogP contribution in [0.1, 0.15) is 53.5 Å². The molecule has 0 saturated carbocycles. The van der Waals surface area contributed by atoms with Crippen molar-refractivity contribution < 1.29 is 50.5 Å². The van der Waals surface area contributed by atoms with Crippen LogP contribution >= 0.6 is 0 Å². The normalized spacial score (nSPS) is 20.1. The molecule has 4 rings (SSSR count). The van der Waals surface area contributed by atoms with Gasteiger partial charge in [0, 0.05) is 18.5 Å². The lowest BCUT2D eigenvalue weighted by Gasteiger charge is -2.10. The van der Waals surface area contributed by atoms with Crippen LogP contribution in [-0.4, -0.2) is 99.2 Å². The van der Waals surface area contributed by atoms with E-state index in [1.165, 1.54) is 12.1 Å². The Morgan fingerprint density at radius 2 is 1.09 bits per heavy atom. The van der Waals surface area contributed by atoms with Gasteiger partial charge >= 0.3 is 0 Å². The monoisotopic (exact) mass is 733 g/mol. The van der Waals surface area contributed by atoms with E-state index in [0.29, 0.717) is 23.1 Å². The second-order valence-corrected chi connectivity index (χ2v) is 19.9. The molecule has 21 heteroatoms. The molecule has 0 aliphatic carbocycles. The molecule has 0 atom stereocenters. The van der Waals surface area contributed by atoms with Crippen LogP contribution in [0.3, 0.4) is 0 Å². The van der Waals surface area contributed by atoms with Crippen molar-refractivity contribution >= 4 is 60.1 Å². The van der Waals surface area contributed by atoms with Gasteiger partial charge in [0.05, 0.1) is 36.0 Å². The average Bonchev–Trinajstić information content (AvgIpc) is 3.54. The van der Waals surface area contributed by atoms with Crippen LogP contribution in [0.2, 0.25) is 0 Å². The van der Waals surface area contributed by atoms with Crippen molar-refractivity contribution in [3.63, 3.8) is 0 Å². The van der Waals surface area contributed by atoms with Crippen molar-refractivity contribution in [1.29, 1.82) is 0 Å². The fraction of sp³-hybridized carbons (Fsp3) is 0.636. The molecule has 3 heterocycles. The fourth-order valence-electron chi connectivity index (χ4n) is 3.25. The first-order valence-corrected chi connectivity index (χ1v) is 23.0. The minimum atomic E-state index is -3.86. The maximum Gasteiger partial charge on any atom is 0.256 e. The third-order valence-electron chi connectivity index (χ3n) is 4.79. The second-order valence-electron chi connectivity index (χ2n) is 7.87. The van der Waals surface area contributed by atoms with E-state index < -0.39 is 60.1 Å². The maximum absolute atomic E-state index is 11.8. The van der Waals surface area contributed by atoms with E-state index in [4.69, 9.17) is 0 Å². The van der Waals surface area contributed by atoms with E-state index in [-0.39, 0.29) is 30.3 Å². The summed E-state index contributed by atoms with van der Waals surface area (Å²) < 4.78 is 134. The van der Waals surface area contributed by atoms with Crippen molar-refractivity contribution in [3.05, 3.63) is 41.3 Å². The Kier molecular flexibility index (Phi) is 17.6. The van der Waals surface area contributed by atoms with Crippen LogP contribution in [0, 0.1) is 0 Å². The highest BCUT2D eigenvalue weighted by Gasteiger charge is 2.40. The Morgan fingerprint density at radius 1 is 0.651 bits per heavy atom. The predicted octanol–water partition coefficient (Wildman–Crippen LogP) is 1.32. The van der Waals surface area contributed by atoms with E-state index in [1.807, 2.05) is 41.5 Å². The molecule has 15 nitrogen and oxygen atoms in total. The van der Waals surface area contributed by atoms with Gasteiger partial charge in [0.1, 0.15) is 0 Å². The van der Waals surface area contributed by atoms with Gasteiger partial charge in [0.15, 0.2) is 0 Å². The van der Waals surface area contributed by atoms with E-state index in [9.17, 15) is 50.5 Å². The van der Waals surface area contributed by atoms with Gasteiger partial charge in [-0.3, -0.25) is 0 Å². The van der Waals surface area contributed by atoms with Crippen LogP contribution < -0.4 is 0 Å². The number of hydrogen-bond donors (Lipinski definition) is 0. The van der Waals surface area contributed by atoms with Gasteiger partial charge < -0.3 is 0 Å². The first-order chi connectivity index (χ1) is 19.5. The van der Waals surface area contributed by atoms with Gasteiger partial charge in [-0.1, -0.05) is 76.9 Å². The summed E-state index contributed by atoms with van der Waals surface area (Å²) in [6, 6.07) is 6.27. The fourth-order valence-corrected chi connectivity index (χ4v) is 12.7. The average molecular weight is 734 g/mol. The zero-order chi connectivity index (χ0) is 34.7. The molecule has 1 fully saturated rings. The highest BCUT2D eigenvalue weighted by Crippen LogP contribution is 2.31. The summed E-state index contributed by atoms with van der Waals surface area (Å²) in [6.45, 7) is 11.9. The molecule has 0 unspecified atom stereocenters. The van der Waals surface area contributed by atoms with Gasteiger partial charge in [-0.25, -0.2) is 50.5 Å². The van der Waals surface area contributed by atoms with Crippen molar-refractivity contribution in [2.24, 2.45) is 0 Å². The second kappa shape index (κ2) is 17.3. The van der Waals surface area contributed by atoms with E-state index in [1.54, 1.807) is 18.2 Å². The molecule has 0 bridgehead atoms. The number of nitrogens with zero attached hydrogens (tertiary/aromatic N) is 3. The minimum Gasteiger partial charge on any atom is -0.212 e. The van der Waals surface area contributed by atoms with Crippen molar-refractivity contribution in [2.75, 3.05) is 37.6 Å². The van der Waals surface area contributed by atoms with Crippen LogP contribution in [0.15, 0.2) is 40.6 Å². The molecule has 3 aliphatic heterocycles. The first kappa shape index (κ1) is 43.7. The predicted molar refractivity (Wildman–Crippen MR) is 168 cm³/mol. The zero-order valence-corrected chi connectivity index (χ0v) is 30.6. The first-order valence-electron chi connectivity index (χ1n) is 12.9. The molecule has 0 aromatic heterocycles. The lowest BCUT2D eigenvalue weighted by atomic mass is 10.2. The summed E-state index contributed by atoms with van der Waals surface area (Å²) in [5, 5.41) is 0.883. The van der Waals surface area contributed by atoms with Gasteiger partial charge in [0.25, 0.3) is 10.0 Å². The molecule has 1 aromatic carbocycles. The van der Waals surface area contributed by atoms with Crippen molar-refractivity contribution in [3.8, 4) is 0 Å². The van der Waals surface area contributed by atoms with Crippen molar-refractivity contribution in [1.82, 2.24) is 11.1 Å². The van der Waals surface area contributed by atoms with Crippen molar-refractivity contribution in [2.45, 2.75) is 59.4 Å². The Labute approximate surface area is 258 Å². The van der Waals surface area contributed by atoms with Crippen LogP contribution in [0.5, 0.6) is 0 Å². The quantitative estimate of drug-likeness (QED) is 0.430. The lowest BCUT2D eigenvalue weighted by molar-refractivity contribution is 0.512. The largest absolute Gasteiger partial charge is 0.256 e. The van der Waals surface area contributed by atoms with Gasteiger partial charge in [-0.05, 0) is 18.1 Å². The number of rotatable bonds is 3. The Balaban J connectivity index is 0. The number of fused-ring (bicyclic) bond motifs is 1. The minimum absolute atomic E-state index is 0.0555. The van der Waals surface area contributed by atoms with Crippen LogP contribution in [0.25, 0.3) is 0 Å². The Bertz CT molecular complexity index is 1700. The summed E-state index contributed by atoms with van der Waals surface area (Å²) in [6.07, 6.45) is 4.33. The molecule has 0 radical (unpaired) electrons. The summed E-state index contributed by atoms with van der Waals surface area (Å²) in [5.41, 5.74) is 0.517. The molecular formula is C22H43N3O12S6. The van der Waals surface area contributed by atoms with E-state index >= 15 is 0 Å².